The lowest BCUT2D eigenvalue weighted by atomic mass is 10.1. The van der Waals surface area contributed by atoms with E-state index in [0.29, 0.717) is 15.7 Å². The molecular weight excluding hydrogens is 468 g/mol. The van der Waals surface area contributed by atoms with E-state index < -0.39 is 52.6 Å². The first-order valence-electron chi connectivity index (χ1n) is 9.80. The van der Waals surface area contributed by atoms with Crippen LogP contribution in [0.2, 0.25) is 5.02 Å². The van der Waals surface area contributed by atoms with Gasteiger partial charge in [0.15, 0.2) is 5.75 Å². The van der Waals surface area contributed by atoms with Crippen molar-refractivity contribution in [3.63, 3.8) is 0 Å². The molecule has 0 spiro atoms. The van der Waals surface area contributed by atoms with Gasteiger partial charge in [0.1, 0.15) is 17.7 Å². The molecule has 0 bridgehead atoms. The summed E-state index contributed by atoms with van der Waals surface area (Å²) in [6.45, 7) is -1.19. The normalized spacial score (nSPS) is 10.5. The topological polar surface area (TPSA) is 171 Å². The van der Waals surface area contributed by atoms with Crippen molar-refractivity contribution in [2.75, 3.05) is 6.54 Å². The number of carboxylic acid groups (broad SMARTS) is 1. The molecule has 2 heterocycles. The molecule has 0 unspecified atom stereocenters. The second kappa shape index (κ2) is 10.5. The van der Waals surface area contributed by atoms with Crippen LogP contribution in [0.25, 0.3) is 0 Å². The predicted octanol–water partition coefficient (Wildman–Crippen LogP) is 1.10. The maximum atomic E-state index is 13.0. The van der Waals surface area contributed by atoms with E-state index in [1.807, 2.05) is 5.32 Å². The summed E-state index contributed by atoms with van der Waals surface area (Å²) in [5.74, 6) is -5.59. The molecule has 2 aromatic heterocycles. The summed E-state index contributed by atoms with van der Waals surface area (Å²) in [6.07, 6.45) is 3.01. The van der Waals surface area contributed by atoms with Gasteiger partial charge < -0.3 is 26.0 Å². The number of rotatable bonds is 8. The highest BCUT2D eigenvalue weighted by molar-refractivity contribution is 6.31. The first-order chi connectivity index (χ1) is 16.2. The molecule has 2 amide bonds. The number of hydrogen-bond acceptors (Lipinski definition) is 7. The molecule has 34 heavy (non-hydrogen) atoms. The van der Waals surface area contributed by atoms with Gasteiger partial charge in [-0.15, -0.1) is 0 Å². The number of carbonyl (C=O) groups excluding carboxylic acids is 2. The summed E-state index contributed by atoms with van der Waals surface area (Å²) in [7, 11) is 0. The van der Waals surface area contributed by atoms with Gasteiger partial charge in [0.2, 0.25) is 5.88 Å². The van der Waals surface area contributed by atoms with Gasteiger partial charge >= 0.3 is 5.97 Å². The van der Waals surface area contributed by atoms with Crippen molar-refractivity contribution in [3.05, 3.63) is 86.4 Å². The van der Waals surface area contributed by atoms with E-state index in [-0.39, 0.29) is 18.1 Å². The molecule has 11 nitrogen and oxygen atoms in total. The van der Waals surface area contributed by atoms with Crippen LogP contribution in [0.3, 0.4) is 0 Å². The highest BCUT2D eigenvalue weighted by Gasteiger charge is 2.30. The number of aromatic hydroxyl groups is 2. The molecule has 3 aromatic rings. The molecule has 176 valence electrons. The fourth-order valence-electron chi connectivity index (χ4n) is 3.07. The molecule has 3 rings (SSSR count). The van der Waals surface area contributed by atoms with Gasteiger partial charge in [0.05, 0.1) is 6.54 Å². The second-order valence-electron chi connectivity index (χ2n) is 7.02. The number of halogens is 1. The van der Waals surface area contributed by atoms with E-state index in [0.717, 1.165) is 0 Å². The molecule has 0 saturated heterocycles. The van der Waals surface area contributed by atoms with Crippen LogP contribution in [0.1, 0.15) is 31.8 Å². The van der Waals surface area contributed by atoms with Gasteiger partial charge in [-0.05, 0) is 29.3 Å². The SMILES string of the molecule is O=C(O)CNC(=O)c1c(O)c(C(=O)NCc2ccncc2)c(O)n(Cc2ccccc2Cl)c1=O. The number of hydrogen-bond donors (Lipinski definition) is 5. The van der Waals surface area contributed by atoms with Crippen molar-refractivity contribution >= 4 is 29.4 Å². The number of carbonyl (C=O) groups is 3. The van der Waals surface area contributed by atoms with E-state index in [9.17, 15) is 29.4 Å². The largest absolute Gasteiger partial charge is 0.506 e. The number of amides is 2. The van der Waals surface area contributed by atoms with Gasteiger partial charge in [-0.25, -0.2) is 0 Å². The minimum Gasteiger partial charge on any atom is -0.506 e. The van der Waals surface area contributed by atoms with E-state index in [4.69, 9.17) is 16.7 Å². The Balaban J connectivity index is 2.09. The van der Waals surface area contributed by atoms with E-state index in [1.54, 1.807) is 36.4 Å². The van der Waals surface area contributed by atoms with Crippen LogP contribution in [0, 0.1) is 0 Å². The Morgan fingerprint density at radius 3 is 2.26 bits per heavy atom. The predicted molar refractivity (Wildman–Crippen MR) is 120 cm³/mol. The molecule has 1 aromatic carbocycles. The van der Waals surface area contributed by atoms with Crippen LogP contribution in [-0.4, -0.2) is 49.2 Å². The molecule has 0 aliphatic carbocycles. The zero-order chi connectivity index (χ0) is 24.8. The number of nitrogens with zero attached hydrogens (tertiary/aromatic N) is 2. The smallest absolute Gasteiger partial charge is 0.322 e. The van der Waals surface area contributed by atoms with Crippen molar-refractivity contribution < 1.29 is 29.7 Å². The summed E-state index contributed by atoms with van der Waals surface area (Å²) in [4.78, 5) is 53.1. The summed E-state index contributed by atoms with van der Waals surface area (Å²) in [5, 5.41) is 34.9. The summed E-state index contributed by atoms with van der Waals surface area (Å²) in [5.41, 5.74) is -1.75. The van der Waals surface area contributed by atoms with E-state index in [2.05, 4.69) is 10.3 Å². The van der Waals surface area contributed by atoms with Gasteiger partial charge in [-0.2, -0.15) is 0 Å². The number of nitrogens with one attached hydrogen (secondary N) is 2. The first-order valence-corrected chi connectivity index (χ1v) is 10.2. The zero-order valence-corrected chi connectivity index (χ0v) is 18.2. The molecule has 0 aliphatic heterocycles. The van der Waals surface area contributed by atoms with Crippen molar-refractivity contribution in [3.8, 4) is 11.6 Å². The van der Waals surface area contributed by atoms with Crippen LogP contribution in [0.15, 0.2) is 53.6 Å². The van der Waals surface area contributed by atoms with Gasteiger partial charge in [0.25, 0.3) is 17.4 Å². The standard InChI is InChI=1S/C22H19ClN4O7/c23-14-4-2-1-3-13(14)11-27-21(33)16(19(31)25-9-12-5-7-24-8-6-12)18(30)17(22(27)34)20(32)26-10-15(28)29/h1-8,30,33H,9-11H2,(H,25,31)(H,26,32)(H,28,29). The van der Waals surface area contributed by atoms with Crippen LogP contribution < -0.4 is 16.2 Å². The fraction of sp³-hybridized carbons (Fsp3) is 0.136. The van der Waals surface area contributed by atoms with Gasteiger partial charge in [0, 0.05) is 24.0 Å². The Hall–Kier alpha value is -4.38. The summed E-state index contributed by atoms with van der Waals surface area (Å²) < 4.78 is 0.692. The third-order valence-corrected chi connectivity index (χ3v) is 5.12. The number of carboxylic acids is 1. The van der Waals surface area contributed by atoms with Crippen molar-refractivity contribution in [1.29, 1.82) is 0 Å². The number of aromatic nitrogens is 2. The van der Waals surface area contributed by atoms with Gasteiger partial charge in [-0.3, -0.25) is 28.7 Å². The minimum absolute atomic E-state index is 0.00951. The highest BCUT2D eigenvalue weighted by atomic mass is 35.5. The molecule has 0 radical (unpaired) electrons. The third-order valence-electron chi connectivity index (χ3n) is 4.75. The minimum atomic E-state index is -1.39. The highest BCUT2D eigenvalue weighted by Crippen LogP contribution is 2.29. The molecule has 0 fully saturated rings. The second-order valence-corrected chi connectivity index (χ2v) is 7.43. The fourth-order valence-corrected chi connectivity index (χ4v) is 3.27. The lowest BCUT2D eigenvalue weighted by Gasteiger charge is -2.17. The molecular formula is C22H19ClN4O7. The molecule has 0 saturated carbocycles. The van der Waals surface area contributed by atoms with Crippen LogP contribution in [-0.2, 0) is 17.9 Å². The molecule has 0 aliphatic rings. The number of benzene rings is 1. The number of aliphatic carboxylic acids is 1. The third kappa shape index (κ3) is 5.33. The molecule has 5 N–H and O–H groups in total. The van der Waals surface area contributed by atoms with E-state index >= 15 is 0 Å². The Morgan fingerprint density at radius 2 is 1.62 bits per heavy atom. The van der Waals surface area contributed by atoms with Crippen LogP contribution in [0.5, 0.6) is 11.6 Å². The maximum Gasteiger partial charge on any atom is 0.322 e. The van der Waals surface area contributed by atoms with Crippen molar-refractivity contribution in [2.45, 2.75) is 13.1 Å². The molecule has 12 heteroatoms. The number of pyridine rings is 2. The Morgan fingerprint density at radius 1 is 0.971 bits per heavy atom. The lowest BCUT2D eigenvalue weighted by Crippen LogP contribution is -2.37. The van der Waals surface area contributed by atoms with Crippen molar-refractivity contribution in [1.82, 2.24) is 20.2 Å². The van der Waals surface area contributed by atoms with E-state index in [1.165, 1.54) is 12.4 Å². The Bertz CT molecular complexity index is 1310. The monoisotopic (exact) mass is 486 g/mol. The quantitative estimate of drug-likeness (QED) is 0.315. The average Bonchev–Trinajstić information content (AvgIpc) is 2.81. The lowest BCUT2D eigenvalue weighted by molar-refractivity contribution is -0.135. The van der Waals surface area contributed by atoms with Crippen LogP contribution >= 0.6 is 11.6 Å². The average molecular weight is 487 g/mol. The summed E-state index contributed by atoms with van der Waals surface area (Å²) >= 11 is 6.14. The Kier molecular flexibility index (Phi) is 7.49. The first kappa shape index (κ1) is 24.3. The van der Waals surface area contributed by atoms with Crippen LogP contribution in [0.4, 0.5) is 0 Å². The zero-order valence-electron chi connectivity index (χ0n) is 17.5. The Labute approximate surface area is 197 Å². The molecule has 0 atom stereocenters. The summed E-state index contributed by atoms with van der Waals surface area (Å²) in [6, 6.07) is 9.64. The van der Waals surface area contributed by atoms with Gasteiger partial charge in [-0.1, -0.05) is 29.8 Å². The maximum absolute atomic E-state index is 13.0. The van der Waals surface area contributed by atoms with Crippen molar-refractivity contribution in [2.24, 2.45) is 0 Å².